The smallest absolute Gasteiger partial charge is 0.282 e. The fraction of sp³-hybridized carbons (Fsp3) is 0.379. The van der Waals surface area contributed by atoms with Crippen LogP contribution in [0.3, 0.4) is 0 Å². The molecule has 2 aromatic carbocycles. The monoisotopic (exact) mass is 517 g/mol. The molecule has 36 heavy (non-hydrogen) atoms. The Morgan fingerprint density at radius 1 is 0.778 bits per heavy atom. The molecule has 0 unspecified atom stereocenters. The van der Waals surface area contributed by atoms with Gasteiger partial charge in [0.05, 0.1) is 16.1 Å². The van der Waals surface area contributed by atoms with Crippen LogP contribution in [0.25, 0.3) is 0 Å². The molecular formula is C29H45N2O4S+. The minimum absolute atomic E-state index is 0.123. The molecule has 0 aliphatic heterocycles. The molecule has 0 aliphatic rings. The summed E-state index contributed by atoms with van der Waals surface area (Å²) in [5.74, 6) is -0.351. The summed E-state index contributed by atoms with van der Waals surface area (Å²) in [4.78, 5) is 18.5. The van der Waals surface area contributed by atoms with E-state index < -0.39 is 10.0 Å². The third kappa shape index (κ3) is 9.82. The Morgan fingerprint density at radius 3 is 1.81 bits per heavy atom. The third-order valence-corrected chi connectivity index (χ3v) is 5.81. The number of benzene rings is 2. The molecule has 7 heteroatoms. The maximum Gasteiger partial charge on any atom is 0.305 e. The largest absolute Gasteiger partial charge is 0.305 e. The van der Waals surface area contributed by atoms with Crippen molar-refractivity contribution < 1.29 is 22.8 Å². The molecule has 6 nitrogen and oxygen atoms in total. The highest BCUT2D eigenvalue weighted by Gasteiger charge is 2.26. The molecule has 1 aromatic heterocycles. The number of ketones is 1. The zero-order valence-electron chi connectivity index (χ0n) is 23.8. The predicted molar refractivity (Wildman–Crippen MR) is 151 cm³/mol. The Hall–Kier alpha value is -3.19. The number of pyridine rings is 1. The quantitative estimate of drug-likeness (QED) is 0.289. The normalized spacial score (nSPS) is 9.31. The van der Waals surface area contributed by atoms with Gasteiger partial charge in [-0.25, -0.2) is 8.42 Å². The van der Waals surface area contributed by atoms with E-state index in [0.717, 1.165) is 11.1 Å². The van der Waals surface area contributed by atoms with Gasteiger partial charge in [-0.1, -0.05) is 73.6 Å². The number of nitrogens with zero attached hydrogens (tertiary/aromatic N) is 1. The summed E-state index contributed by atoms with van der Waals surface area (Å²) in [5.41, 5.74) is 2.51. The van der Waals surface area contributed by atoms with Crippen molar-refractivity contribution in [1.29, 1.82) is 0 Å². The van der Waals surface area contributed by atoms with Crippen molar-refractivity contribution in [3.05, 3.63) is 89.2 Å². The molecule has 1 heterocycles. The van der Waals surface area contributed by atoms with E-state index >= 15 is 0 Å². The lowest BCUT2D eigenvalue weighted by Gasteiger charge is -2.14. The molecule has 3 aromatic rings. The number of carbonyl (C=O) groups is 1. The molecule has 0 radical (unpaired) electrons. The number of aromatic nitrogens is 1. The van der Waals surface area contributed by atoms with Crippen LogP contribution in [0.4, 0.5) is 5.69 Å². The summed E-state index contributed by atoms with van der Waals surface area (Å²) in [6, 6.07) is 16.5. The fourth-order valence-electron chi connectivity index (χ4n) is 2.79. The van der Waals surface area contributed by atoms with Crippen molar-refractivity contribution in [3.63, 3.8) is 0 Å². The molecule has 0 aliphatic carbocycles. The Balaban J connectivity index is 0. The van der Waals surface area contributed by atoms with Crippen molar-refractivity contribution in [2.45, 2.75) is 74.1 Å². The van der Waals surface area contributed by atoms with Crippen LogP contribution in [0.5, 0.6) is 0 Å². The number of carbonyl (C=O) groups excluding carboxylic acids is 1. The van der Waals surface area contributed by atoms with Gasteiger partial charge in [0, 0.05) is 16.9 Å². The average Bonchev–Trinajstić information content (AvgIpc) is 2.95. The maximum absolute atomic E-state index is 13.2. The van der Waals surface area contributed by atoms with Gasteiger partial charge in [0.2, 0.25) is 6.20 Å². The molecule has 3 rings (SSSR count). The topological polar surface area (TPSA) is 76.3 Å². The highest BCUT2D eigenvalue weighted by molar-refractivity contribution is 7.92. The summed E-state index contributed by atoms with van der Waals surface area (Å²) in [6.45, 7) is 19.7. The van der Waals surface area contributed by atoms with Crippen LogP contribution < -0.4 is 14.3 Å². The zero-order valence-corrected chi connectivity index (χ0v) is 24.7. The van der Waals surface area contributed by atoms with Crippen LogP contribution in [0.1, 0.15) is 82.6 Å². The van der Waals surface area contributed by atoms with Gasteiger partial charge in [-0.2, -0.15) is 0 Å². The molecule has 0 saturated heterocycles. The van der Waals surface area contributed by atoms with Crippen LogP contribution >= 0.6 is 0 Å². The molecule has 0 spiro atoms. The molecular weight excluding hydrogens is 472 g/mol. The lowest BCUT2D eigenvalue weighted by atomic mass is 9.99. The summed E-state index contributed by atoms with van der Waals surface area (Å²) >= 11 is 0. The van der Waals surface area contributed by atoms with Crippen molar-refractivity contribution in [2.75, 3.05) is 11.8 Å². The number of nitrogens with one attached hydrogen (secondary N) is 1. The Labute approximate surface area is 219 Å². The summed E-state index contributed by atoms with van der Waals surface area (Å²) in [5, 5.41) is 0. The van der Waals surface area contributed by atoms with Gasteiger partial charge in [0.15, 0.2) is 0 Å². The van der Waals surface area contributed by atoms with Crippen molar-refractivity contribution in [3.8, 4) is 0 Å². The minimum Gasteiger partial charge on any atom is -0.282 e. The number of aryl methyl sites for hydroxylation is 2. The van der Waals surface area contributed by atoms with Gasteiger partial charge in [0.1, 0.15) is 7.11 Å². The van der Waals surface area contributed by atoms with Gasteiger partial charge >= 0.3 is 5.69 Å². The van der Waals surface area contributed by atoms with Crippen LogP contribution in [0, 0.1) is 13.8 Å². The van der Waals surface area contributed by atoms with Crippen LogP contribution in [0.15, 0.2) is 71.8 Å². The minimum atomic E-state index is -3.84. The van der Waals surface area contributed by atoms with Crippen molar-refractivity contribution in [2.24, 2.45) is 0 Å². The van der Waals surface area contributed by atoms with Crippen molar-refractivity contribution >= 4 is 21.5 Å². The van der Waals surface area contributed by atoms with Gasteiger partial charge in [-0.15, -0.1) is 0 Å². The van der Waals surface area contributed by atoms with E-state index in [4.69, 9.17) is 4.84 Å². The Kier molecular flexibility index (Phi) is 18.5. The Morgan fingerprint density at radius 2 is 1.28 bits per heavy atom. The maximum atomic E-state index is 13.2. The average molecular weight is 518 g/mol. The van der Waals surface area contributed by atoms with E-state index in [1.54, 1.807) is 54.7 Å². The van der Waals surface area contributed by atoms with Crippen molar-refractivity contribution in [1.82, 2.24) is 0 Å². The molecule has 0 fully saturated rings. The molecule has 0 saturated carbocycles. The van der Waals surface area contributed by atoms with Crippen LogP contribution in [-0.4, -0.2) is 21.3 Å². The van der Waals surface area contributed by atoms with Crippen LogP contribution in [0.2, 0.25) is 0 Å². The highest BCUT2D eigenvalue weighted by Crippen LogP contribution is 2.26. The van der Waals surface area contributed by atoms with Gasteiger partial charge < -0.3 is 0 Å². The lowest BCUT2D eigenvalue weighted by molar-refractivity contribution is -0.886. The van der Waals surface area contributed by atoms with Gasteiger partial charge in [-0.05, 0) is 55.3 Å². The van der Waals surface area contributed by atoms with E-state index in [1.165, 1.54) is 24.0 Å². The molecule has 0 atom stereocenters. The first-order valence-corrected chi connectivity index (χ1v) is 14.1. The summed E-state index contributed by atoms with van der Waals surface area (Å²) in [6.07, 6.45) is 1.61. The number of hydrogen-bond donors (Lipinski definition) is 1. The summed E-state index contributed by atoms with van der Waals surface area (Å²) in [7, 11) is -2.38. The SMILES string of the molecule is CC.CC.CC.CC.CO[n+]1ccccc1C(=O)c1cc(C)c(C)cc1NS(=O)(=O)c1ccccc1. The molecule has 200 valence electrons. The first-order chi connectivity index (χ1) is 17.3. The van der Waals surface area contributed by atoms with E-state index in [-0.39, 0.29) is 27.6 Å². The number of anilines is 1. The Bertz CT molecular complexity index is 1130. The second-order valence-corrected chi connectivity index (χ2v) is 8.01. The number of hydrogen-bond acceptors (Lipinski definition) is 4. The molecule has 0 bridgehead atoms. The van der Waals surface area contributed by atoms with Gasteiger partial charge in [0.25, 0.3) is 15.8 Å². The molecule has 1 N–H and O–H groups in total. The van der Waals surface area contributed by atoms with E-state index in [0.29, 0.717) is 0 Å². The molecule has 0 amide bonds. The lowest BCUT2D eigenvalue weighted by Crippen LogP contribution is -2.45. The first-order valence-electron chi connectivity index (χ1n) is 12.6. The number of rotatable bonds is 6. The first kappa shape index (κ1) is 35.0. The third-order valence-electron chi connectivity index (χ3n) is 4.43. The predicted octanol–water partition coefficient (Wildman–Crippen LogP) is 6.79. The fourth-order valence-corrected chi connectivity index (χ4v) is 3.88. The van der Waals surface area contributed by atoms with E-state index in [9.17, 15) is 13.2 Å². The highest BCUT2D eigenvalue weighted by atomic mass is 32.2. The van der Waals surface area contributed by atoms with Gasteiger partial charge in [-0.3, -0.25) is 14.4 Å². The summed E-state index contributed by atoms with van der Waals surface area (Å²) < 4.78 is 29.5. The van der Waals surface area contributed by atoms with Crippen LogP contribution in [-0.2, 0) is 10.0 Å². The van der Waals surface area contributed by atoms with E-state index in [1.807, 2.05) is 69.2 Å². The second-order valence-electron chi connectivity index (χ2n) is 6.32. The standard InChI is InChI=1S/C21H20N2O4S.4C2H6/c1-15-13-18(21(24)20-11-7-8-12-23(20)27-3)19(14-16(15)2)22-28(25,26)17-9-5-4-6-10-17;4*1-2/h4-14H,1-3H3;4*1-2H3/p+1. The number of sulfonamides is 1. The second kappa shape index (κ2) is 19.1. The zero-order chi connectivity index (χ0) is 28.3. The van der Waals surface area contributed by atoms with E-state index in [2.05, 4.69) is 4.72 Å².